The van der Waals surface area contributed by atoms with Crippen molar-refractivity contribution >= 4 is 45.3 Å². The summed E-state index contributed by atoms with van der Waals surface area (Å²) in [6, 6.07) is 19.1. The van der Waals surface area contributed by atoms with Crippen LogP contribution < -0.4 is 10.2 Å². The Kier molecular flexibility index (Phi) is 5.17. The van der Waals surface area contributed by atoms with Crippen LogP contribution in [0, 0.1) is 22.7 Å². The maximum Gasteiger partial charge on any atom is 0.103 e. The summed E-state index contributed by atoms with van der Waals surface area (Å²) in [7, 11) is 1.89. The van der Waals surface area contributed by atoms with Crippen molar-refractivity contribution in [2.45, 2.75) is 0 Å². The Labute approximate surface area is 178 Å². The van der Waals surface area contributed by atoms with Crippen LogP contribution in [0.2, 0.25) is 5.02 Å². The SMILES string of the molecule is CN(c1cccnc1)c1cc(C#N)c2ncc(C#N)c(Nc3cccc(Cl)c3)c2c1. The zero-order valence-corrected chi connectivity index (χ0v) is 16.7. The number of pyridine rings is 2. The van der Waals surface area contributed by atoms with E-state index in [1.54, 1.807) is 30.6 Å². The molecule has 1 N–H and O–H groups in total. The Morgan fingerprint density at radius 1 is 0.967 bits per heavy atom. The molecule has 4 rings (SSSR count). The van der Waals surface area contributed by atoms with Gasteiger partial charge < -0.3 is 10.2 Å². The van der Waals surface area contributed by atoms with Gasteiger partial charge in [0.1, 0.15) is 12.1 Å². The molecule has 6 nitrogen and oxygen atoms in total. The van der Waals surface area contributed by atoms with Gasteiger partial charge in [-0.3, -0.25) is 9.97 Å². The van der Waals surface area contributed by atoms with E-state index in [9.17, 15) is 10.5 Å². The Morgan fingerprint density at radius 3 is 2.50 bits per heavy atom. The average molecular weight is 411 g/mol. The highest BCUT2D eigenvalue weighted by molar-refractivity contribution is 6.30. The third kappa shape index (κ3) is 3.60. The van der Waals surface area contributed by atoms with Gasteiger partial charge in [-0.05, 0) is 42.5 Å². The monoisotopic (exact) mass is 410 g/mol. The minimum atomic E-state index is 0.368. The lowest BCUT2D eigenvalue weighted by Crippen LogP contribution is -2.10. The fourth-order valence-corrected chi connectivity index (χ4v) is 3.39. The van der Waals surface area contributed by atoms with E-state index in [-0.39, 0.29) is 0 Å². The van der Waals surface area contributed by atoms with Crippen molar-refractivity contribution in [3.05, 3.63) is 83.3 Å². The molecular weight excluding hydrogens is 396 g/mol. The fourth-order valence-electron chi connectivity index (χ4n) is 3.20. The van der Waals surface area contributed by atoms with E-state index >= 15 is 0 Å². The molecule has 30 heavy (non-hydrogen) atoms. The smallest absolute Gasteiger partial charge is 0.103 e. The first-order valence-electron chi connectivity index (χ1n) is 9.04. The molecule has 0 amide bonds. The molecule has 2 aromatic heterocycles. The van der Waals surface area contributed by atoms with Gasteiger partial charge in [0.2, 0.25) is 0 Å². The third-order valence-corrected chi connectivity index (χ3v) is 4.95. The highest BCUT2D eigenvalue weighted by Crippen LogP contribution is 2.35. The number of nitrogens with zero attached hydrogens (tertiary/aromatic N) is 5. The normalized spacial score (nSPS) is 10.3. The lowest BCUT2D eigenvalue weighted by atomic mass is 10.0. The zero-order chi connectivity index (χ0) is 21.1. The molecule has 0 aliphatic rings. The number of hydrogen-bond donors (Lipinski definition) is 1. The number of fused-ring (bicyclic) bond motifs is 1. The largest absolute Gasteiger partial charge is 0.354 e. The van der Waals surface area contributed by atoms with Gasteiger partial charge in [0.15, 0.2) is 0 Å². The summed E-state index contributed by atoms with van der Waals surface area (Å²) in [4.78, 5) is 10.5. The molecule has 0 unspecified atom stereocenters. The van der Waals surface area contributed by atoms with Crippen molar-refractivity contribution < 1.29 is 0 Å². The minimum Gasteiger partial charge on any atom is -0.354 e. The maximum absolute atomic E-state index is 9.73. The molecule has 0 aliphatic carbocycles. The minimum absolute atomic E-state index is 0.368. The quantitative estimate of drug-likeness (QED) is 0.475. The number of halogens is 1. The highest BCUT2D eigenvalue weighted by Gasteiger charge is 2.16. The first kappa shape index (κ1) is 19.2. The number of rotatable bonds is 4. The molecule has 0 fully saturated rings. The predicted molar refractivity (Wildman–Crippen MR) is 118 cm³/mol. The molecule has 0 saturated carbocycles. The topological polar surface area (TPSA) is 88.6 Å². The van der Waals surface area contributed by atoms with E-state index in [0.29, 0.717) is 32.7 Å². The van der Waals surface area contributed by atoms with E-state index in [1.807, 2.05) is 42.3 Å². The van der Waals surface area contributed by atoms with Gasteiger partial charge in [0.25, 0.3) is 0 Å². The molecule has 0 atom stereocenters. The molecule has 0 radical (unpaired) electrons. The van der Waals surface area contributed by atoms with Gasteiger partial charge >= 0.3 is 0 Å². The first-order valence-corrected chi connectivity index (χ1v) is 9.42. The molecule has 0 spiro atoms. The van der Waals surface area contributed by atoms with Crippen molar-refractivity contribution in [2.24, 2.45) is 0 Å². The number of anilines is 4. The fraction of sp³-hybridized carbons (Fsp3) is 0.0435. The summed E-state index contributed by atoms with van der Waals surface area (Å²) in [5, 5.41) is 23.9. The first-order chi connectivity index (χ1) is 14.6. The predicted octanol–water partition coefficient (Wildman–Crippen LogP) is 5.54. The summed E-state index contributed by atoms with van der Waals surface area (Å²) < 4.78 is 0. The Morgan fingerprint density at radius 2 is 1.80 bits per heavy atom. The second-order valence-corrected chi connectivity index (χ2v) is 7.00. The molecular formula is C23H15ClN6. The van der Waals surface area contributed by atoms with E-state index in [2.05, 4.69) is 27.4 Å². The Balaban J connectivity index is 1.93. The number of nitriles is 2. The van der Waals surface area contributed by atoms with Crippen LogP contribution in [0.3, 0.4) is 0 Å². The van der Waals surface area contributed by atoms with Gasteiger partial charge in [-0.25, -0.2) is 0 Å². The van der Waals surface area contributed by atoms with Gasteiger partial charge in [0.05, 0.1) is 34.2 Å². The van der Waals surface area contributed by atoms with Gasteiger partial charge in [0, 0.05) is 41.2 Å². The number of nitrogens with one attached hydrogen (secondary N) is 1. The highest BCUT2D eigenvalue weighted by atomic mass is 35.5. The van der Waals surface area contributed by atoms with Crippen LogP contribution >= 0.6 is 11.6 Å². The number of benzene rings is 2. The van der Waals surface area contributed by atoms with Gasteiger partial charge in [-0.2, -0.15) is 10.5 Å². The maximum atomic E-state index is 9.73. The van der Waals surface area contributed by atoms with Crippen molar-refractivity contribution in [3.8, 4) is 12.1 Å². The third-order valence-electron chi connectivity index (χ3n) is 4.71. The lowest BCUT2D eigenvalue weighted by molar-refractivity contribution is 1.17. The van der Waals surface area contributed by atoms with Crippen LogP contribution in [0.4, 0.5) is 22.7 Å². The van der Waals surface area contributed by atoms with Gasteiger partial charge in [-0.1, -0.05) is 17.7 Å². The average Bonchev–Trinajstić information content (AvgIpc) is 2.78. The molecule has 144 valence electrons. The van der Waals surface area contributed by atoms with Gasteiger partial charge in [-0.15, -0.1) is 0 Å². The Hall–Kier alpha value is -4.13. The number of hydrogen-bond acceptors (Lipinski definition) is 6. The lowest BCUT2D eigenvalue weighted by Gasteiger charge is -2.21. The Bertz CT molecular complexity index is 1320. The van der Waals surface area contributed by atoms with Crippen LogP contribution in [0.5, 0.6) is 0 Å². The second-order valence-electron chi connectivity index (χ2n) is 6.57. The standard InChI is InChI=1S/C23H15ClN6/c1-30(19-6-3-7-27-14-19)20-8-15(11-25)22-21(10-20)23(16(12-26)13-28-22)29-18-5-2-4-17(24)9-18/h2-10,13-14H,1H3,(H,28,29). The van der Waals surface area contributed by atoms with Crippen molar-refractivity contribution in [3.63, 3.8) is 0 Å². The summed E-state index contributed by atoms with van der Waals surface area (Å²) in [5.74, 6) is 0. The van der Waals surface area contributed by atoms with Crippen LogP contribution in [-0.4, -0.2) is 17.0 Å². The van der Waals surface area contributed by atoms with Crippen molar-refractivity contribution in [2.75, 3.05) is 17.3 Å². The van der Waals surface area contributed by atoms with E-state index in [0.717, 1.165) is 17.1 Å². The van der Waals surface area contributed by atoms with Crippen molar-refractivity contribution in [1.82, 2.24) is 9.97 Å². The molecule has 2 aromatic carbocycles. The molecule has 0 saturated heterocycles. The van der Waals surface area contributed by atoms with E-state index in [4.69, 9.17) is 11.6 Å². The summed E-state index contributed by atoms with van der Waals surface area (Å²) in [6.07, 6.45) is 4.92. The second kappa shape index (κ2) is 8.08. The molecule has 0 aliphatic heterocycles. The van der Waals surface area contributed by atoms with E-state index in [1.165, 1.54) is 6.20 Å². The summed E-state index contributed by atoms with van der Waals surface area (Å²) in [5.41, 5.74) is 4.25. The summed E-state index contributed by atoms with van der Waals surface area (Å²) >= 11 is 6.11. The molecule has 0 bridgehead atoms. The van der Waals surface area contributed by atoms with Crippen molar-refractivity contribution in [1.29, 1.82) is 10.5 Å². The van der Waals surface area contributed by atoms with Crippen LogP contribution in [0.15, 0.2) is 67.1 Å². The summed E-state index contributed by atoms with van der Waals surface area (Å²) in [6.45, 7) is 0. The van der Waals surface area contributed by atoms with Crippen LogP contribution in [0.25, 0.3) is 10.9 Å². The van der Waals surface area contributed by atoms with E-state index < -0.39 is 0 Å². The zero-order valence-electron chi connectivity index (χ0n) is 16.0. The van der Waals surface area contributed by atoms with Crippen LogP contribution in [0.1, 0.15) is 11.1 Å². The van der Waals surface area contributed by atoms with Crippen LogP contribution in [-0.2, 0) is 0 Å². The molecule has 7 heteroatoms. The molecule has 2 heterocycles. The number of aromatic nitrogens is 2. The molecule has 4 aromatic rings.